The van der Waals surface area contributed by atoms with E-state index in [1.807, 2.05) is 26.1 Å². The number of carbonyl (C=O) groups excluding carboxylic acids is 1. The summed E-state index contributed by atoms with van der Waals surface area (Å²) in [5.74, 6) is -0.291. The molecule has 1 heterocycles. The second kappa shape index (κ2) is 7.94. The van der Waals surface area contributed by atoms with E-state index in [1.54, 1.807) is 29.5 Å². The Balaban J connectivity index is 0.000000197. The summed E-state index contributed by atoms with van der Waals surface area (Å²) in [4.78, 5) is 11.2. The third-order valence-corrected chi connectivity index (χ3v) is 5.76. The number of ether oxygens (including phenoxy) is 1. The van der Waals surface area contributed by atoms with Crippen LogP contribution in [0.2, 0.25) is 0 Å². The summed E-state index contributed by atoms with van der Waals surface area (Å²) in [6.07, 6.45) is 0. The van der Waals surface area contributed by atoms with Gasteiger partial charge in [0, 0.05) is 13.0 Å². The molecule has 0 saturated carbocycles. The number of hydrogen-bond donors (Lipinski definition) is 0. The lowest BCUT2D eigenvalue weighted by Crippen LogP contribution is -2.28. The second-order valence-electron chi connectivity index (χ2n) is 5.62. The molecule has 1 aromatic heterocycles. The van der Waals surface area contributed by atoms with Crippen molar-refractivity contribution in [3.63, 3.8) is 0 Å². The number of hydrogen-bond acceptors (Lipinski definition) is 6. The van der Waals surface area contributed by atoms with Crippen molar-refractivity contribution in [1.82, 2.24) is 0 Å². The Bertz CT molecular complexity index is 1040. The highest BCUT2D eigenvalue weighted by atomic mass is 32.2. The van der Waals surface area contributed by atoms with Crippen LogP contribution < -0.4 is 4.57 Å². The SMILES string of the molecule is COC(=O)c1ccc2sc(C)[n+](C)c2c1.Cc1ccc(S(=O)(=O)[O-])cc1. The Morgan fingerprint density at radius 3 is 2.27 bits per heavy atom. The maximum absolute atomic E-state index is 11.3. The van der Waals surface area contributed by atoms with Gasteiger partial charge in [0.05, 0.1) is 17.6 Å². The molecule has 0 spiro atoms. The van der Waals surface area contributed by atoms with Gasteiger partial charge < -0.3 is 9.29 Å². The van der Waals surface area contributed by atoms with Crippen molar-refractivity contribution < 1.29 is 27.1 Å². The van der Waals surface area contributed by atoms with Gasteiger partial charge in [-0.2, -0.15) is 4.57 Å². The number of benzene rings is 2. The van der Waals surface area contributed by atoms with E-state index >= 15 is 0 Å². The van der Waals surface area contributed by atoms with Crippen LogP contribution in [0.15, 0.2) is 47.4 Å². The molecule has 8 heteroatoms. The Labute approximate surface area is 156 Å². The van der Waals surface area contributed by atoms with E-state index in [1.165, 1.54) is 29.0 Å². The number of rotatable bonds is 2. The number of aryl methyl sites for hydroxylation is 3. The Morgan fingerprint density at radius 2 is 1.73 bits per heavy atom. The minimum absolute atomic E-state index is 0.178. The summed E-state index contributed by atoms with van der Waals surface area (Å²) >= 11 is 1.72. The summed E-state index contributed by atoms with van der Waals surface area (Å²) in [7, 11) is -0.880. The molecular weight excluding hydrogens is 374 g/mol. The topological polar surface area (TPSA) is 87.4 Å². The predicted molar refractivity (Wildman–Crippen MR) is 98.2 cm³/mol. The molecule has 3 rings (SSSR count). The highest BCUT2D eigenvalue weighted by Crippen LogP contribution is 2.20. The van der Waals surface area contributed by atoms with Gasteiger partial charge in [-0.05, 0) is 31.2 Å². The molecule has 138 valence electrons. The monoisotopic (exact) mass is 393 g/mol. The Kier molecular flexibility index (Phi) is 6.12. The summed E-state index contributed by atoms with van der Waals surface area (Å²) in [5.41, 5.74) is 2.59. The van der Waals surface area contributed by atoms with Crippen molar-refractivity contribution >= 4 is 37.6 Å². The highest BCUT2D eigenvalue weighted by Gasteiger charge is 2.15. The summed E-state index contributed by atoms with van der Waals surface area (Å²) in [6.45, 7) is 3.88. The normalized spacial score (nSPS) is 11.0. The first-order valence-electron chi connectivity index (χ1n) is 7.63. The molecule has 3 aromatic rings. The largest absolute Gasteiger partial charge is 0.744 e. The number of fused-ring (bicyclic) bond motifs is 1. The molecule has 0 saturated heterocycles. The van der Waals surface area contributed by atoms with E-state index in [2.05, 4.69) is 16.2 Å². The van der Waals surface area contributed by atoms with Crippen molar-refractivity contribution in [2.45, 2.75) is 18.7 Å². The summed E-state index contributed by atoms with van der Waals surface area (Å²) in [5, 5.41) is 1.21. The van der Waals surface area contributed by atoms with Crippen LogP contribution in [0.4, 0.5) is 0 Å². The first-order chi connectivity index (χ1) is 12.1. The van der Waals surface area contributed by atoms with Crippen LogP contribution in [-0.4, -0.2) is 26.0 Å². The van der Waals surface area contributed by atoms with E-state index < -0.39 is 10.1 Å². The summed E-state index contributed by atoms with van der Waals surface area (Å²) in [6, 6.07) is 11.4. The molecule has 0 bridgehead atoms. The van der Waals surface area contributed by atoms with E-state index in [0.717, 1.165) is 11.1 Å². The van der Waals surface area contributed by atoms with E-state index in [0.29, 0.717) is 5.56 Å². The highest BCUT2D eigenvalue weighted by molar-refractivity contribution is 7.85. The van der Waals surface area contributed by atoms with Crippen LogP contribution >= 0.6 is 11.3 Å². The number of aromatic nitrogens is 1. The molecule has 0 aliphatic rings. The predicted octanol–water partition coefficient (Wildman–Crippen LogP) is 2.72. The molecule has 0 unspecified atom stereocenters. The lowest BCUT2D eigenvalue weighted by atomic mass is 10.2. The Morgan fingerprint density at radius 1 is 1.12 bits per heavy atom. The Hall–Kier alpha value is -2.29. The van der Waals surface area contributed by atoms with Crippen LogP contribution in [0.5, 0.6) is 0 Å². The van der Waals surface area contributed by atoms with Gasteiger partial charge >= 0.3 is 5.97 Å². The number of nitrogens with zero attached hydrogens (tertiary/aromatic N) is 1. The second-order valence-corrected chi connectivity index (χ2v) is 8.24. The van der Waals surface area contributed by atoms with Crippen LogP contribution in [0.3, 0.4) is 0 Å². The molecule has 0 aliphatic heterocycles. The van der Waals surface area contributed by atoms with Gasteiger partial charge in [0.25, 0.3) is 0 Å². The minimum Gasteiger partial charge on any atom is -0.744 e. The van der Waals surface area contributed by atoms with Crippen molar-refractivity contribution in [3.8, 4) is 0 Å². The number of esters is 1. The maximum Gasteiger partial charge on any atom is 0.338 e. The quantitative estimate of drug-likeness (QED) is 0.379. The lowest BCUT2D eigenvalue weighted by Gasteiger charge is -2.05. The standard InChI is InChI=1S/C11H12NO2S.C7H8O3S/c1-7-12(2)9-6-8(11(13)14-3)4-5-10(9)15-7;1-6-2-4-7(5-3-6)11(8,9)10/h4-6H,1-3H3;2-5H,1H3,(H,8,9,10)/q+1;/p-1. The zero-order valence-corrected chi connectivity index (χ0v) is 16.5. The minimum atomic E-state index is -4.27. The maximum atomic E-state index is 11.3. The molecule has 0 radical (unpaired) electrons. The number of thiazole rings is 1. The lowest BCUT2D eigenvalue weighted by molar-refractivity contribution is -0.646. The first kappa shape index (κ1) is 20.0. The van der Waals surface area contributed by atoms with Gasteiger partial charge in [-0.25, -0.2) is 13.2 Å². The molecule has 0 N–H and O–H groups in total. The van der Waals surface area contributed by atoms with E-state index in [-0.39, 0.29) is 10.9 Å². The fraction of sp³-hybridized carbons (Fsp3) is 0.222. The molecule has 0 aliphatic carbocycles. The van der Waals surface area contributed by atoms with Gasteiger partial charge in [0.2, 0.25) is 10.5 Å². The van der Waals surface area contributed by atoms with Gasteiger partial charge in [0.15, 0.2) is 0 Å². The van der Waals surface area contributed by atoms with Crippen molar-refractivity contribution in [2.24, 2.45) is 7.05 Å². The molecular formula is C18H19NO5S2. The number of carbonyl (C=O) groups is 1. The van der Waals surface area contributed by atoms with Gasteiger partial charge in [-0.1, -0.05) is 29.0 Å². The van der Waals surface area contributed by atoms with Gasteiger partial charge in [-0.3, -0.25) is 0 Å². The van der Waals surface area contributed by atoms with Crippen LogP contribution in [0, 0.1) is 13.8 Å². The van der Waals surface area contributed by atoms with E-state index in [9.17, 15) is 17.8 Å². The molecule has 2 aromatic carbocycles. The van der Waals surface area contributed by atoms with Crippen LogP contribution in [-0.2, 0) is 21.9 Å². The third kappa shape index (κ3) is 4.66. The molecule has 0 atom stereocenters. The van der Waals surface area contributed by atoms with Crippen molar-refractivity contribution in [3.05, 3.63) is 58.6 Å². The fourth-order valence-electron chi connectivity index (χ4n) is 2.21. The van der Waals surface area contributed by atoms with E-state index in [4.69, 9.17) is 0 Å². The molecule has 26 heavy (non-hydrogen) atoms. The van der Waals surface area contributed by atoms with Crippen LogP contribution in [0.1, 0.15) is 20.9 Å². The zero-order valence-electron chi connectivity index (χ0n) is 14.8. The third-order valence-electron chi connectivity index (χ3n) is 3.78. The van der Waals surface area contributed by atoms with Gasteiger partial charge in [-0.15, -0.1) is 0 Å². The average molecular weight is 393 g/mol. The molecule has 6 nitrogen and oxygen atoms in total. The first-order valence-corrected chi connectivity index (χ1v) is 9.86. The fourth-order valence-corrected chi connectivity index (χ4v) is 3.67. The molecule has 0 fully saturated rings. The summed E-state index contributed by atoms with van der Waals surface area (Å²) < 4.78 is 39.1. The zero-order chi connectivity index (χ0) is 19.5. The van der Waals surface area contributed by atoms with Crippen LogP contribution in [0.25, 0.3) is 10.2 Å². The smallest absolute Gasteiger partial charge is 0.338 e. The van der Waals surface area contributed by atoms with Crippen molar-refractivity contribution in [1.29, 1.82) is 0 Å². The van der Waals surface area contributed by atoms with Crippen molar-refractivity contribution in [2.75, 3.05) is 7.11 Å². The number of methoxy groups -OCH3 is 1. The molecule has 0 amide bonds. The van der Waals surface area contributed by atoms with Gasteiger partial charge in [0.1, 0.15) is 21.9 Å². The average Bonchev–Trinajstić information content (AvgIpc) is 2.88.